The quantitative estimate of drug-likeness (QED) is 0.394. The Morgan fingerprint density at radius 2 is 1.73 bits per heavy atom. The van der Waals surface area contributed by atoms with Gasteiger partial charge in [0, 0.05) is 23.0 Å². The van der Waals surface area contributed by atoms with Crippen molar-refractivity contribution >= 4 is 34.9 Å². The molecule has 0 radical (unpaired) electrons. The summed E-state index contributed by atoms with van der Waals surface area (Å²) in [6, 6.07) is 3.55. The van der Waals surface area contributed by atoms with E-state index in [2.05, 4.69) is 31.1 Å². The van der Waals surface area contributed by atoms with E-state index in [1.807, 2.05) is 13.0 Å². The predicted octanol–water partition coefficient (Wildman–Crippen LogP) is 5.04. The third kappa shape index (κ3) is 5.45. The number of aromatic nitrogens is 1. The van der Waals surface area contributed by atoms with Crippen LogP contribution >= 0.6 is 11.6 Å². The van der Waals surface area contributed by atoms with E-state index in [4.69, 9.17) is 16.3 Å². The number of nitrogens with one attached hydrogen (secondary N) is 1. The molecule has 0 saturated heterocycles. The van der Waals surface area contributed by atoms with Crippen molar-refractivity contribution in [1.29, 1.82) is 0 Å². The van der Waals surface area contributed by atoms with Gasteiger partial charge in [-0.25, -0.2) is 0 Å². The van der Waals surface area contributed by atoms with Crippen LogP contribution in [0.2, 0.25) is 5.02 Å². The van der Waals surface area contributed by atoms with Crippen molar-refractivity contribution in [2.75, 3.05) is 11.9 Å². The number of Topliss-reactive ketones (excluding diaryl/α,β-unsaturated/α-hetero) is 1. The van der Waals surface area contributed by atoms with E-state index in [0.29, 0.717) is 21.8 Å². The smallest absolute Gasteiger partial charge is 0.313 e. The van der Waals surface area contributed by atoms with Gasteiger partial charge >= 0.3 is 5.97 Å². The highest BCUT2D eigenvalue weighted by Crippen LogP contribution is 2.32. The van der Waals surface area contributed by atoms with Crippen molar-refractivity contribution < 1.29 is 19.1 Å². The molecule has 1 amide bonds. The highest BCUT2D eigenvalue weighted by atomic mass is 35.5. The first-order valence-corrected chi connectivity index (χ1v) is 10.1. The molecule has 1 N–H and O–H groups in total. The zero-order valence-electron chi connectivity index (χ0n) is 18.2. The standard InChI is InChI=1S/C23H27ClN2O4/c1-7-30-20(28)10-19(27)16-12-25-11-14(3)21(16)26-22(29)15-9-18(24)17(8-13(15)2)23(4,5)6/h8-9,11-12H,7,10H2,1-6H3,(H,25,26,29). The van der Waals surface area contributed by atoms with Gasteiger partial charge in [-0.3, -0.25) is 19.4 Å². The van der Waals surface area contributed by atoms with Crippen LogP contribution in [-0.2, 0) is 14.9 Å². The van der Waals surface area contributed by atoms with E-state index in [1.165, 1.54) is 6.20 Å². The lowest BCUT2D eigenvalue weighted by molar-refractivity contribution is -0.141. The number of ether oxygens (including phenoxy) is 1. The maximum atomic E-state index is 13.0. The molecule has 0 aliphatic heterocycles. The van der Waals surface area contributed by atoms with E-state index >= 15 is 0 Å². The van der Waals surface area contributed by atoms with Crippen LogP contribution in [0.4, 0.5) is 5.69 Å². The van der Waals surface area contributed by atoms with Crippen LogP contribution in [-0.4, -0.2) is 29.3 Å². The Labute approximate surface area is 182 Å². The molecule has 6 nitrogen and oxygen atoms in total. The molecule has 160 valence electrons. The van der Waals surface area contributed by atoms with Crippen molar-refractivity contribution in [3.8, 4) is 0 Å². The first kappa shape index (κ1) is 23.5. The lowest BCUT2D eigenvalue weighted by atomic mass is 9.85. The highest BCUT2D eigenvalue weighted by molar-refractivity contribution is 6.32. The molecule has 0 unspecified atom stereocenters. The van der Waals surface area contributed by atoms with Gasteiger partial charge in [0.2, 0.25) is 0 Å². The van der Waals surface area contributed by atoms with Gasteiger partial charge in [0.1, 0.15) is 6.42 Å². The molecule has 0 fully saturated rings. The number of halogens is 1. The minimum atomic E-state index is -0.623. The Bertz CT molecular complexity index is 993. The van der Waals surface area contributed by atoms with Gasteiger partial charge in [0.25, 0.3) is 5.91 Å². The van der Waals surface area contributed by atoms with Crippen LogP contribution in [0.25, 0.3) is 0 Å². The first-order chi connectivity index (χ1) is 14.0. The zero-order valence-corrected chi connectivity index (χ0v) is 18.9. The average molecular weight is 431 g/mol. The Balaban J connectivity index is 2.37. The summed E-state index contributed by atoms with van der Waals surface area (Å²) in [6.07, 6.45) is 2.46. The summed E-state index contributed by atoms with van der Waals surface area (Å²) >= 11 is 6.44. The molecule has 0 aliphatic carbocycles. The number of aryl methyl sites for hydroxylation is 2. The molecule has 0 bridgehead atoms. The van der Waals surface area contributed by atoms with Crippen molar-refractivity contribution in [1.82, 2.24) is 4.98 Å². The van der Waals surface area contributed by atoms with Gasteiger partial charge in [-0.05, 0) is 48.9 Å². The molecule has 2 rings (SSSR count). The maximum absolute atomic E-state index is 13.0. The molecule has 1 heterocycles. The molecular weight excluding hydrogens is 404 g/mol. The third-order valence-corrected chi connectivity index (χ3v) is 4.96. The second-order valence-corrected chi connectivity index (χ2v) is 8.54. The van der Waals surface area contributed by atoms with E-state index in [-0.39, 0.29) is 17.6 Å². The zero-order chi connectivity index (χ0) is 22.6. The number of benzene rings is 1. The summed E-state index contributed by atoms with van der Waals surface area (Å²) in [5.74, 6) is -1.49. The topological polar surface area (TPSA) is 85.4 Å². The predicted molar refractivity (Wildman–Crippen MR) is 117 cm³/mol. The fraction of sp³-hybridized carbons (Fsp3) is 0.391. The minimum Gasteiger partial charge on any atom is -0.466 e. The number of carbonyl (C=O) groups excluding carboxylic acids is 3. The largest absolute Gasteiger partial charge is 0.466 e. The van der Waals surface area contributed by atoms with Gasteiger partial charge < -0.3 is 10.1 Å². The molecule has 1 aromatic carbocycles. The van der Waals surface area contributed by atoms with E-state index < -0.39 is 24.1 Å². The number of esters is 1. The van der Waals surface area contributed by atoms with Crippen LogP contribution in [0, 0.1) is 13.8 Å². The molecule has 2 aromatic rings. The number of hydrogen-bond acceptors (Lipinski definition) is 5. The Morgan fingerprint density at radius 3 is 2.33 bits per heavy atom. The summed E-state index contributed by atoms with van der Waals surface area (Å²) in [6.45, 7) is 11.6. The molecule has 0 atom stereocenters. The van der Waals surface area contributed by atoms with Gasteiger partial charge in [0.05, 0.1) is 17.9 Å². The molecule has 1 aromatic heterocycles. The Hall–Kier alpha value is -2.73. The summed E-state index contributed by atoms with van der Waals surface area (Å²) in [5.41, 5.74) is 3.05. The molecule has 0 aliphatic rings. The fourth-order valence-electron chi connectivity index (χ4n) is 3.06. The number of carbonyl (C=O) groups is 3. The van der Waals surface area contributed by atoms with Crippen LogP contribution in [0.1, 0.15) is 71.5 Å². The molecule has 0 saturated carbocycles. The lowest BCUT2D eigenvalue weighted by Crippen LogP contribution is -2.20. The Kier molecular flexibility index (Phi) is 7.37. The minimum absolute atomic E-state index is 0.159. The van der Waals surface area contributed by atoms with Crippen LogP contribution in [0.3, 0.4) is 0 Å². The fourth-order valence-corrected chi connectivity index (χ4v) is 3.51. The highest BCUT2D eigenvalue weighted by Gasteiger charge is 2.23. The number of ketones is 1. The summed E-state index contributed by atoms with van der Waals surface area (Å²) in [7, 11) is 0. The third-order valence-electron chi connectivity index (χ3n) is 4.65. The van der Waals surface area contributed by atoms with Gasteiger partial charge in [-0.1, -0.05) is 38.4 Å². The first-order valence-electron chi connectivity index (χ1n) is 9.71. The number of nitrogens with zero attached hydrogens (tertiary/aromatic N) is 1. The van der Waals surface area contributed by atoms with Gasteiger partial charge in [0.15, 0.2) is 5.78 Å². The lowest BCUT2D eigenvalue weighted by Gasteiger charge is -2.22. The van der Waals surface area contributed by atoms with Gasteiger partial charge in [-0.15, -0.1) is 0 Å². The van der Waals surface area contributed by atoms with Crippen LogP contribution in [0.15, 0.2) is 24.5 Å². The summed E-state index contributed by atoms with van der Waals surface area (Å²) < 4.78 is 4.84. The maximum Gasteiger partial charge on any atom is 0.313 e. The van der Waals surface area contributed by atoms with Crippen LogP contribution < -0.4 is 5.32 Å². The molecule has 30 heavy (non-hydrogen) atoms. The van der Waals surface area contributed by atoms with Gasteiger partial charge in [-0.2, -0.15) is 0 Å². The normalized spacial score (nSPS) is 11.2. The summed E-state index contributed by atoms with van der Waals surface area (Å²) in [5, 5.41) is 3.30. The van der Waals surface area contributed by atoms with Crippen LogP contribution in [0.5, 0.6) is 0 Å². The average Bonchev–Trinajstić information content (AvgIpc) is 2.63. The number of hydrogen-bond donors (Lipinski definition) is 1. The molecule has 0 spiro atoms. The molecular formula is C23H27ClN2O4. The van der Waals surface area contributed by atoms with E-state index in [1.54, 1.807) is 26.1 Å². The molecule has 7 heteroatoms. The second kappa shape index (κ2) is 9.39. The number of anilines is 1. The SMILES string of the molecule is CCOC(=O)CC(=O)c1cncc(C)c1NC(=O)c1cc(Cl)c(C(C)(C)C)cc1C. The van der Waals surface area contributed by atoms with E-state index in [0.717, 1.165) is 11.1 Å². The second-order valence-electron chi connectivity index (χ2n) is 8.14. The monoisotopic (exact) mass is 430 g/mol. The van der Waals surface area contributed by atoms with Crippen molar-refractivity contribution in [2.45, 2.75) is 53.4 Å². The Morgan fingerprint density at radius 1 is 1.07 bits per heavy atom. The van der Waals surface area contributed by atoms with Crippen molar-refractivity contribution in [3.63, 3.8) is 0 Å². The van der Waals surface area contributed by atoms with E-state index in [9.17, 15) is 14.4 Å². The van der Waals surface area contributed by atoms with Crippen molar-refractivity contribution in [2.24, 2.45) is 0 Å². The number of rotatable bonds is 6. The van der Waals surface area contributed by atoms with Crippen molar-refractivity contribution in [3.05, 3.63) is 57.4 Å². The number of pyridine rings is 1. The summed E-state index contributed by atoms with van der Waals surface area (Å²) in [4.78, 5) is 41.3. The number of amides is 1.